The van der Waals surface area contributed by atoms with Crippen molar-refractivity contribution in [2.45, 2.75) is 0 Å². The van der Waals surface area contributed by atoms with Crippen molar-refractivity contribution in [2.24, 2.45) is 0 Å². The van der Waals surface area contributed by atoms with Crippen LogP contribution in [0.15, 0.2) is 91.0 Å². The lowest BCUT2D eigenvalue weighted by molar-refractivity contribution is 1.34. The number of aromatic amines is 1. The highest BCUT2D eigenvalue weighted by molar-refractivity contribution is 6.25. The molecule has 0 radical (unpaired) electrons. The first kappa shape index (κ1) is 14.5. The van der Waals surface area contributed by atoms with E-state index >= 15 is 0 Å². The fraction of sp³-hybridized carbons (Fsp3) is 0. The van der Waals surface area contributed by atoms with E-state index in [0.29, 0.717) is 0 Å². The third kappa shape index (κ3) is 2.10. The van der Waals surface area contributed by atoms with Gasteiger partial charge in [-0.05, 0) is 50.5 Å². The lowest BCUT2D eigenvalue weighted by Gasteiger charge is -2.11. The summed E-state index contributed by atoms with van der Waals surface area (Å²) in [5.41, 5.74) is 3.17. The number of benzene rings is 5. The Labute approximate surface area is 156 Å². The van der Waals surface area contributed by atoms with E-state index in [4.69, 9.17) is 4.98 Å². The minimum atomic E-state index is 0.912. The molecule has 0 bridgehead atoms. The molecule has 0 saturated heterocycles. The minimum absolute atomic E-state index is 0.912. The SMILES string of the molecule is c1ccc2[nH]c(-c3ccc4c5ccccc5c5ccccc5c4c3)nc2c1. The van der Waals surface area contributed by atoms with Crippen LogP contribution in [-0.2, 0) is 0 Å². The van der Waals surface area contributed by atoms with Gasteiger partial charge in [-0.3, -0.25) is 0 Å². The Bertz CT molecular complexity index is 1410. The van der Waals surface area contributed by atoms with E-state index in [2.05, 4.69) is 77.8 Å². The van der Waals surface area contributed by atoms with Crippen molar-refractivity contribution in [3.63, 3.8) is 0 Å². The molecule has 0 fully saturated rings. The number of para-hydroxylation sites is 2. The number of imidazole rings is 1. The summed E-state index contributed by atoms with van der Waals surface area (Å²) in [6.07, 6.45) is 0. The lowest BCUT2D eigenvalue weighted by Crippen LogP contribution is -1.85. The molecule has 1 aromatic heterocycles. The summed E-state index contributed by atoms with van der Waals surface area (Å²) in [7, 11) is 0. The highest BCUT2D eigenvalue weighted by atomic mass is 14.9. The third-order valence-electron chi connectivity index (χ3n) is 5.41. The van der Waals surface area contributed by atoms with Gasteiger partial charge in [0.15, 0.2) is 0 Å². The van der Waals surface area contributed by atoms with Crippen LogP contribution in [0.1, 0.15) is 0 Å². The van der Waals surface area contributed by atoms with Crippen molar-refractivity contribution < 1.29 is 0 Å². The highest BCUT2D eigenvalue weighted by Crippen LogP contribution is 2.36. The first-order valence-corrected chi connectivity index (χ1v) is 9.17. The van der Waals surface area contributed by atoms with Gasteiger partial charge in [0.05, 0.1) is 11.0 Å². The number of H-pyrrole nitrogens is 1. The van der Waals surface area contributed by atoms with E-state index in [0.717, 1.165) is 22.4 Å². The van der Waals surface area contributed by atoms with Crippen LogP contribution in [0.4, 0.5) is 0 Å². The molecule has 1 N–H and O–H groups in total. The van der Waals surface area contributed by atoms with Gasteiger partial charge < -0.3 is 4.98 Å². The van der Waals surface area contributed by atoms with Gasteiger partial charge in [-0.25, -0.2) is 4.98 Å². The average molecular weight is 344 g/mol. The number of nitrogens with zero attached hydrogens (tertiary/aromatic N) is 1. The number of hydrogen-bond donors (Lipinski definition) is 1. The Balaban J connectivity index is 1.72. The van der Waals surface area contributed by atoms with E-state index in [1.165, 1.54) is 32.3 Å². The molecule has 6 aromatic rings. The molecule has 1 heterocycles. The smallest absolute Gasteiger partial charge is 0.138 e. The summed E-state index contributed by atoms with van der Waals surface area (Å²) in [6.45, 7) is 0. The van der Waals surface area contributed by atoms with Gasteiger partial charge in [0.2, 0.25) is 0 Å². The van der Waals surface area contributed by atoms with Crippen LogP contribution in [0, 0.1) is 0 Å². The fourth-order valence-electron chi connectivity index (χ4n) is 4.14. The quantitative estimate of drug-likeness (QED) is 0.331. The van der Waals surface area contributed by atoms with Crippen LogP contribution in [0.5, 0.6) is 0 Å². The second-order valence-corrected chi connectivity index (χ2v) is 6.95. The molecule has 0 aliphatic heterocycles. The molecular formula is C25H16N2. The largest absolute Gasteiger partial charge is 0.338 e. The lowest BCUT2D eigenvalue weighted by atomic mass is 9.93. The van der Waals surface area contributed by atoms with E-state index in [1.807, 2.05) is 18.2 Å². The minimum Gasteiger partial charge on any atom is -0.338 e. The Hall–Kier alpha value is -3.65. The Morgan fingerprint density at radius 2 is 1.07 bits per heavy atom. The van der Waals surface area contributed by atoms with Crippen molar-refractivity contribution >= 4 is 43.4 Å². The summed E-state index contributed by atoms with van der Waals surface area (Å²) in [6, 6.07) is 32.1. The van der Waals surface area contributed by atoms with Gasteiger partial charge in [-0.1, -0.05) is 72.8 Å². The maximum atomic E-state index is 4.78. The van der Waals surface area contributed by atoms with Gasteiger partial charge in [-0.2, -0.15) is 0 Å². The maximum Gasteiger partial charge on any atom is 0.138 e. The van der Waals surface area contributed by atoms with Crippen molar-refractivity contribution in [2.75, 3.05) is 0 Å². The van der Waals surface area contributed by atoms with Gasteiger partial charge >= 0.3 is 0 Å². The molecule has 0 saturated carbocycles. The second-order valence-electron chi connectivity index (χ2n) is 6.95. The maximum absolute atomic E-state index is 4.78. The molecule has 5 aromatic carbocycles. The van der Waals surface area contributed by atoms with E-state index in [-0.39, 0.29) is 0 Å². The standard InChI is InChI=1S/C25H16N2/c1-2-9-19-17(7-1)18-8-3-4-10-20(18)22-15-16(13-14-21(19)22)25-26-23-11-5-6-12-24(23)27-25/h1-15H,(H,26,27). The zero-order valence-corrected chi connectivity index (χ0v) is 14.6. The number of hydrogen-bond acceptors (Lipinski definition) is 1. The van der Waals surface area contributed by atoms with E-state index in [1.54, 1.807) is 0 Å². The number of fused-ring (bicyclic) bond motifs is 7. The number of aromatic nitrogens is 2. The van der Waals surface area contributed by atoms with E-state index in [9.17, 15) is 0 Å². The molecule has 126 valence electrons. The van der Waals surface area contributed by atoms with Crippen LogP contribution in [0.3, 0.4) is 0 Å². The van der Waals surface area contributed by atoms with Crippen molar-refractivity contribution in [1.82, 2.24) is 9.97 Å². The molecule has 0 atom stereocenters. The van der Waals surface area contributed by atoms with Crippen LogP contribution in [-0.4, -0.2) is 9.97 Å². The Morgan fingerprint density at radius 1 is 0.519 bits per heavy atom. The van der Waals surface area contributed by atoms with Crippen molar-refractivity contribution in [3.05, 3.63) is 91.0 Å². The van der Waals surface area contributed by atoms with Crippen LogP contribution in [0.2, 0.25) is 0 Å². The van der Waals surface area contributed by atoms with Crippen LogP contribution in [0.25, 0.3) is 54.7 Å². The summed E-state index contributed by atoms with van der Waals surface area (Å²) in [5.74, 6) is 0.912. The topological polar surface area (TPSA) is 28.7 Å². The van der Waals surface area contributed by atoms with Gasteiger partial charge in [-0.15, -0.1) is 0 Å². The molecule has 0 spiro atoms. The molecule has 27 heavy (non-hydrogen) atoms. The second kappa shape index (κ2) is 5.42. The summed E-state index contributed by atoms with van der Waals surface area (Å²) < 4.78 is 0. The van der Waals surface area contributed by atoms with Crippen molar-refractivity contribution in [3.8, 4) is 11.4 Å². The Morgan fingerprint density at radius 3 is 1.74 bits per heavy atom. The fourth-order valence-corrected chi connectivity index (χ4v) is 4.14. The summed E-state index contributed by atoms with van der Waals surface area (Å²) in [4.78, 5) is 8.23. The zero-order valence-electron chi connectivity index (χ0n) is 14.6. The van der Waals surface area contributed by atoms with Gasteiger partial charge in [0, 0.05) is 5.56 Å². The Kier molecular flexibility index (Phi) is 2.91. The summed E-state index contributed by atoms with van der Waals surface area (Å²) in [5, 5.41) is 7.72. The molecule has 0 aliphatic carbocycles. The first-order valence-electron chi connectivity index (χ1n) is 9.17. The molecule has 6 rings (SSSR count). The molecular weight excluding hydrogens is 328 g/mol. The monoisotopic (exact) mass is 344 g/mol. The molecule has 0 aliphatic rings. The molecule has 2 nitrogen and oxygen atoms in total. The normalized spacial score (nSPS) is 11.7. The predicted octanol–water partition coefficient (Wildman–Crippen LogP) is 6.69. The third-order valence-corrected chi connectivity index (χ3v) is 5.41. The highest BCUT2D eigenvalue weighted by Gasteiger charge is 2.11. The summed E-state index contributed by atoms with van der Waals surface area (Å²) >= 11 is 0. The average Bonchev–Trinajstić information content (AvgIpc) is 3.18. The molecule has 0 unspecified atom stereocenters. The predicted molar refractivity (Wildman–Crippen MR) is 114 cm³/mol. The van der Waals surface area contributed by atoms with Crippen LogP contribution >= 0.6 is 0 Å². The van der Waals surface area contributed by atoms with Crippen molar-refractivity contribution in [1.29, 1.82) is 0 Å². The van der Waals surface area contributed by atoms with Crippen LogP contribution < -0.4 is 0 Å². The molecule has 0 amide bonds. The zero-order chi connectivity index (χ0) is 17.8. The number of rotatable bonds is 1. The number of nitrogens with one attached hydrogen (secondary N) is 1. The first-order chi connectivity index (χ1) is 13.4. The van der Waals surface area contributed by atoms with Gasteiger partial charge in [0.25, 0.3) is 0 Å². The molecule has 2 heteroatoms. The van der Waals surface area contributed by atoms with E-state index < -0.39 is 0 Å². The van der Waals surface area contributed by atoms with Gasteiger partial charge in [0.1, 0.15) is 5.82 Å².